The lowest BCUT2D eigenvalue weighted by Crippen LogP contribution is -2.17. The van der Waals surface area contributed by atoms with Crippen LogP contribution >= 0.6 is 11.3 Å². The van der Waals surface area contributed by atoms with Gasteiger partial charge in [-0.3, -0.25) is 4.79 Å². The Morgan fingerprint density at radius 3 is 2.61 bits per heavy atom. The van der Waals surface area contributed by atoms with Crippen molar-refractivity contribution < 1.29 is 13.9 Å². The predicted molar refractivity (Wildman–Crippen MR) is 119 cm³/mol. The second-order valence-corrected chi connectivity index (χ2v) is 7.74. The van der Waals surface area contributed by atoms with Gasteiger partial charge in [0, 0.05) is 17.0 Å². The zero-order chi connectivity index (χ0) is 21.8. The summed E-state index contributed by atoms with van der Waals surface area (Å²) in [4.78, 5) is 17.2. The summed E-state index contributed by atoms with van der Waals surface area (Å²) in [5, 5.41) is 9.88. The van der Waals surface area contributed by atoms with Crippen molar-refractivity contribution in [1.82, 2.24) is 14.8 Å². The van der Waals surface area contributed by atoms with Gasteiger partial charge in [0.05, 0.1) is 24.4 Å². The largest absolute Gasteiger partial charge is 0.494 e. The Kier molecular flexibility index (Phi) is 6.08. The number of amides is 1. The molecule has 6 nitrogen and oxygen atoms in total. The van der Waals surface area contributed by atoms with Crippen LogP contribution in [0.15, 0.2) is 60.0 Å². The maximum Gasteiger partial charge on any atom is 0.229 e. The number of benzene rings is 2. The van der Waals surface area contributed by atoms with E-state index in [1.807, 2.05) is 43.5 Å². The van der Waals surface area contributed by atoms with Crippen molar-refractivity contribution in [3.8, 4) is 22.1 Å². The summed E-state index contributed by atoms with van der Waals surface area (Å²) < 4.78 is 20.2. The highest BCUT2D eigenvalue weighted by atomic mass is 32.1. The fraction of sp³-hybridized carbons (Fsp3) is 0.174. The lowest BCUT2D eigenvalue weighted by molar-refractivity contribution is -0.115. The van der Waals surface area contributed by atoms with E-state index in [0.29, 0.717) is 17.6 Å². The number of nitrogens with zero attached hydrogens (tertiary/aromatic N) is 3. The SMILES string of the molecule is CCOc1ccc(CC(=O)Nc2cc(C)nn2-c2nc(-c3ccc(F)cc3)cs2)cc1. The van der Waals surface area contributed by atoms with Gasteiger partial charge in [-0.15, -0.1) is 11.3 Å². The number of aryl methyl sites for hydroxylation is 1. The molecular formula is C23H21FN4O2S. The summed E-state index contributed by atoms with van der Waals surface area (Å²) >= 11 is 1.40. The summed E-state index contributed by atoms with van der Waals surface area (Å²) in [5.41, 5.74) is 3.18. The van der Waals surface area contributed by atoms with Gasteiger partial charge in [0.25, 0.3) is 0 Å². The first-order chi connectivity index (χ1) is 15.0. The first-order valence-electron chi connectivity index (χ1n) is 9.82. The molecule has 31 heavy (non-hydrogen) atoms. The van der Waals surface area contributed by atoms with Gasteiger partial charge in [-0.25, -0.2) is 9.37 Å². The lowest BCUT2D eigenvalue weighted by Gasteiger charge is -2.08. The normalized spacial score (nSPS) is 10.8. The quantitative estimate of drug-likeness (QED) is 0.442. The molecule has 1 N–H and O–H groups in total. The maximum atomic E-state index is 13.2. The molecule has 0 fully saturated rings. The molecule has 4 aromatic rings. The molecule has 1 amide bonds. The van der Waals surface area contributed by atoms with Crippen LogP contribution in [0.25, 0.3) is 16.4 Å². The summed E-state index contributed by atoms with van der Waals surface area (Å²) in [6.45, 7) is 4.38. The van der Waals surface area contributed by atoms with Gasteiger partial charge in [0.1, 0.15) is 17.4 Å². The van der Waals surface area contributed by atoms with Crippen LogP contribution < -0.4 is 10.1 Å². The molecular weight excluding hydrogens is 415 g/mol. The van der Waals surface area contributed by atoms with Crippen molar-refractivity contribution in [3.05, 3.63) is 77.1 Å². The molecule has 0 aliphatic carbocycles. The molecule has 158 valence electrons. The zero-order valence-electron chi connectivity index (χ0n) is 17.1. The number of rotatable bonds is 7. The van der Waals surface area contributed by atoms with Gasteiger partial charge in [-0.05, 0) is 55.8 Å². The number of hydrogen-bond acceptors (Lipinski definition) is 5. The molecule has 0 aliphatic rings. The van der Waals surface area contributed by atoms with Crippen molar-refractivity contribution in [2.24, 2.45) is 0 Å². The average molecular weight is 437 g/mol. The number of hydrogen-bond donors (Lipinski definition) is 1. The van der Waals surface area contributed by atoms with Crippen LogP contribution in [-0.2, 0) is 11.2 Å². The minimum atomic E-state index is -0.292. The number of thiazole rings is 1. The van der Waals surface area contributed by atoms with E-state index in [0.717, 1.165) is 28.3 Å². The van der Waals surface area contributed by atoms with Crippen LogP contribution in [0.1, 0.15) is 18.2 Å². The van der Waals surface area contributed by atoms with E-state index in [9.17, 15) is 9.18 Å². The maximum absolute atomic E-state index is 13.2. The third-order valence-electron chi connectivity index (χ3n) is 4.51. The van der Waals surface area contributed by atoms with Gasteiger partial charge in [-0.1, -0.05) is 12.1 Å². The Morgan fingerprint density at radius 2 is 1.90 bits per heavy atom. The van der Waals surface area contributed by atoms with Crippen molar-refractivity contribution >= 4 is 23.1 Å². The fourth-order valence-corrected chi connectivity index (χ4v) is 3.89. The first kappa shape index (κ1) is 20.7. The van der Waals surface area contributed by atoms with E-state index in [1.165, 1.54) is 23.5 Å². The van der Waals surface area contributed by atoms with Gasteiger partial charge in [0.15, 0.2) is 0 Å². The van der Waals surface area contributed by atoms with E-state index in [-0.39, 0.29) is 18.1 Å². The Hall–Kier alpha value is -3.52. The Balaban J connectivity index is 1.49. The van der Waals surface area contributed by atoms with E-state index >= 15 is 0 Å². The van der Waals surface area contributed by atoms with Crippen LogP contribution in [0.3, 0.4) is 0 Å². The topological polar surface area (TPSA) is 69.0 Å². The van der Waals surface area contributed by atoms with Crippen molar-refractivity contribution in [1.29, 1.82) is 0 Å². The van der Waals surface area contributed by atoms with E-state index < -0.39 is 0 Å². The van der Waals surface area contributed by atoms with Gasteiger partial charge < -0.3 is 10.1 Å². The number of carbonyl (C=O) groups is 1. The molecule has 0 bridgehead atoms. The average Bonchev–Trinajstić information content (AvgIpc) is 3.37. The number of nitrogens with one attached hydrogen (secondary N) is 1. The summed E-state index contributed by atoms with van der Waals surface area (Å²) in [6.07, 6.45) is 0.231. The molecule has 0 spiro atoms. The minimum absolute atomic E-state index is 0.152. The molecule has 4 rings (SSSR count). The zero-order valence-corrected chi connectivity index (χ0v) is 17.9. The van der Waals surface area contributed by atoms with Crippen LogP contribution in [0.4, 0.5) is 10.2 Å². The van der Waals surface area contributed by atoms with Crippen LogP contribution in [-0.4, -0.2) is 27.3 Å². The van der Waals surface area contributed by atoms with Gasteiger partial charge >= 0.3 is 0 Å². The van der Waals surface area contributed by atoms with E-state index in [1.54, 1.807) is 22.9 Å². The fourth-order valence-electron chi connectivity index (χ4n) is 3.09. The molecule has 0 saturated heterocycles. The smallest absolute Gasteiger partial charge is 0.229 e. The van der Waals surface area contributed by atoms with Crippen LogP contribution in [0, 0.1) is 12.7 Å². The van der Waals surface area contributed by atoms with Crippen LogP contribution in [0.2, 0.25) is 0 Å². The molecule has 0 aliphatic heterocycles. The van der Waals surface area contributed by atoms with Gasteiger partial charge in [-0.2, -0.15) is 9.78 Å². The highest BCUT2D eigenvalue weighted by Gasteiger charge is 2.15. The Bertz CT molecular complexity index is 1180. The highest BCUT2D eigenvalue weighted by Crippen LogP contribution is 2.26. The molecule has 0 atom stereocenters. The number of aromatic nitrogens is 3. The summed E-state index contributed by atoms with van der Waals surface area (Å²) in [6, 6.07) is 15.4. The van der Waals surface area contributed by atoms with E-state index in [4.69, 9.17) is 4.74 Å². The third-order valence-corrected chi connectivity index (χ3v) is 5.33. The molecule has 0 saturated carbocycles. The molecule has 2 aromatic heterocycles. The Morgan fingerprint density at radius 1 is 1.16 bits per heavy atom. The molecule has 2 aromatic carbocycles. The number of anilines is 1. The highest BCUT2D eigenvalue weighted by molar-refractivity contribution is 7.12. The molecule has 2 heterocycles. The van der Waals surface area contributed by atoms with Crippen molar-refractivity contribution in [3.63, 3.8) is 0 Å². The molecule has 0 unspecified atom stereocenters. The van der Waals surface area contributed by atoms with E-state index in [2.05, 4.69) is 15.4 Å². The summed E-state index contributed by atoms with van der Waals surface area (Å²) in [5.74, 6) is 0.884. The molecule has 8 heteroatoms. The summed E-state index contributed by atoms with van der Waals surface area (Å²) in [7, 11) is 0. The predicted octanol–water partition coefficient (Wildman–Crippen LogP) is 5.02. The Labute approximate surface area is 183 Å². The van der Waals surface area contributed by atoms with Gasteiger partial charge in [0.2, 0.25) is 11.0 Å². The lowest BCUT2D eigenvalue weighted by atomic mass is 10.1. The monoisotopic (exact) mass is 436 g/mol. The second-order valence-electron chi connectivity index (χ2n) is 6.91. The molecule has 0 radical (unpaired) electrons. The minimum Gasteiger partial charge on any atom is -0.494 e. The third kappa shape index (κ3) is 4.97. The standard InChI is InChI=1S/C23H21FN4O2S/c1-3-30-19-10-4-16(5-11-19)13-22(29)26-21-12-15(2)27-28(21)23-25-20(14-31-23)17-6-8-18(24)9-7-17/h4-12,14H,3,13H2,1-2H3,(H,26,29). The number of halogens is 1. The van der Waals surface area contributed by atoms with Crippen molar-refractivity contribution in [2.45, 2.75) is 20.3 Å². The van der Waals surface area contributed by atoms with Crippen molar-refractivity contribution in [2.75, 3.05) is 11.9 Å². The van der Waals surface area contributed by atoms with Crippen LogP contribution in [0.5, 0.6) is 5.75 Å². The number of carbonyl (C=O) groups excluding carboxylic acids is 1. The second kappa shape index (κ2) is 9.09. The first-order valence-corrected chi connectivity index (χ1v) is 10.7. The number of ether oxygens (including phenoxy) is 1.